The van der Waals surface area contributed by atoms with Crippen molar-refractivity contribution in [3.63, 3.8) is 0 Å². The third kappa shape index (κ3) is 3.20. The minimum atomic E-state index is -0.983. The lowest BCUT2D eigenvalue weighted by Crippen LogP contribution is -2.66. The van der Waals surface area contributed by atoms with Crippen LogP contribution in [0.2, 0.25) is 0 Å². The van der Waals surface area contributed by atoms with E-state index < -0.39 is 5.54 Å². The second-order valence-corrected chi connectivity index (χ2v) is 7.91. The molecule has 1 saturated heterocycles. The molecular weight excluding hydrogens is 328 g/mol. The van der Waals surface area contributed by atoms with E-state index in [4.69, 9.17) is 9.47 Å². The number of amides is 2. The maximum absolute atomic E-state index is 12.7. The van der Waals surface area contributed by atoms with E-state index in [1.807, 2.05) is 11.4 Å². The van der Waals surface area contributed by atoms with Crippen LogP contribution in [-0.2, 0) is 14.3 Å². The highest BCUT2D eigenvalue weighted by Crippen LogP contribution is 2.43. The van der Waals surface area contributed by atoms with Crippen molar-refractivity contribution in [2.45, 2.75) is 38.0 Å². The number of hydrogen-bond acceptors (Lipinski definition) is 5. The Labute approximate surface area is 145 Å². The molecule has 2 heterocycles. The van der Waals surface area contributed by atoms with Gasteiger partial charge in [-0.05, 0) is 31.7 Å². The minimum absolute atomic E-state index is 0.0443. The molecule has 0 bridgehead atoms. The van der Waals surface area contributed by atoms with Crippen LogP contribution in [0.3, 0.4) is 0 Å². The summed E-state index contributed by atoms with van der Waals surface area (Å²) in [5, 5.41) is 7.76. The van der Waals surface area contributed by atoms with Gasteiger partial charge in [-0.3, -0.25) is 9.59 Å². The molecule has 1 aliphatic heterocycles. The van der Waals surface area contributed by atoms with Crippen LogP contribution in [0.1, 0.15) is 29.9 Å². The number of fused-ring (bicyclic) bond motifs is 1. The van der Waals surface area contributed by atoms with E-state index in [-0.39, 0.29) is 29.9 Å². The summed E-state index contributed by atoms with van der Waals surface area (Å²) in [6, 6.07) is 3.61. The van der Waals surface area contributed by atoms with Gasteiger partial charge in [-0.15, -0.1) is 11.3 Å². The van der Waals surface area contributed by atoms with Gasteiger partial charge in [-0.2, -0.15) is 0 Å². The van der Waals surface area contributed by atoms with Gasteiger partial charge in [-0.25, -0.2) is 0 Å². The Morgan fingerprint density at radius 1 is 1.46 bits per heavy atom. The molecule has 0 aromatic carbocycles. The molecule has 0 radical (unpaired) electrons. The molecule has 1 aromatic heterocycles. The molecule has 2 amide bonds. The van der Waals surface area contributed by atoms with E-state index in [0.29, 0.717) is 17.4 Å². The largest absolute Gasteiger partial charge is 0.384 e. The quantitative estimate of drug-likeness (QED) is 0.812. The maximum atomic E-state index is 12.7. The van der Waals surface area contributed by atoms with Gasteiger partial charge >= 0.3 is 0 Å². The van der Waals surface area contributed by atoms with E-state index >= 15 is 0 Å². The molecule has 24 heavy (non-hydrogen) atoms. The molecule has 0 spiro atoms. The highest BCUT2D eigenvalue weighted by molar-refractivity contribution is 7.12. The fraction of sp³-hybridized carbons (Fsp3) is 0.647. The second-order valence-electron chi connectivity index (χ2n) is 6.96. The van der Waals surface area contributed by atoms with Gasteiger partial charge in [-0.1, -0.05) is 6.07 Å². The fourth-order valence-electron chi connectivity index (χ4n) is 3.58. The van der Waals surface area contributed by atoms with Gasteiger partial charge < -0.3 is 20.1 Å². The number of methoxy groups -OCH3 is 1. The number of nitrogens with one attached hydrogen (secondary N) is 2. The summed E-state index contributed by atoms with van der Waals surface area (Å²) < 4.78 is 11.0. The zero-order valence-corrected chi connectivity index (χ0v) is 15.0. The van der Waals surface area contributed by atoms with E-state index in [0.717, 1.165) is 13.0 Å². The number of ether oxygens (including phenoxy) is 2. The van der Waals surface area contributed by atoms with Gasteiger partial charge in [0.25, 0.3) is 5.91 Å². The molecule has 2 fully saturated rings. The normalized spacial score (nSPS) is 28.8. The summed E-state index contributed by atoms with van der Waals surface area (Å²) >= 11 is 1.36. The van der Waals surface area contributed by atoms with Gasteiger partial charge in [0, 0.05) is 31.6 Å². The Balaban J connectivity index is 1.61. The van der Waals surface area contributed by atoms with Crippen LogP contribution in [0.4, 0.5) is 0 Å². The zero-order valence-electron chi connectivity index (χ0n) is 14.2. The number of carbonyl (C=O) groups excluding carboxylic acids is 2. The van der Waals surface area contributed by atoms with Crippen LogP contribution in [0.5, 0.6) is 0 Å². The minimum Gasteiger partial charge on any atom is -0.384 e. The van der Waals surface area contributed by atoms with Crippen molar-refractivity contribution in [2.24, 2.45) is 11.8 Å². The Kier molecular flexibility index (Phi) is 4.94. The molecule has 7 heteroatoms. The van der Waals surface area contributed by atoms with Gasteiger partial charge in [0.05, 0.1) is 17.6 Å². The molecule has 1 saturated carbocycles. The van der Waals surface area contributed by atoms with Crippen molar-refractivity contribution in [1.82, 2.24) is 10.6 Å². The first-order chi connectivity index (χ1) is 11.4. The number of hydrogen-bond donors (Lipinski definition) is 2. The van der Waals surface area contributed by atoms with Crippen molar-refractivity contribution in [3.8, 4) is 0 Å². The van der Waals surface area contributed by atoms with Crippen molar-refractivity contribution in [2.75, 3.05) is 20.3 Å². The number of thiophene rings is 1. The van der Waals surface area contributed by atoms with Crippen LogP contribution < -0.4 is 10.6 Å². The second kappa shape index (κ2) is 6.82. The Bertz CT molecular complexity index is 602. The first-order valence-corrected chi connectivity index (χ1v) is 9.09. The van der Waals surface area contributed by atoms with Crippen molar-refractivity contribution in [1.29, 1.82) is 0 Å². The van der Waals surface area contributed by atoms with Crippen LogP contribution in [0.25, 0.3) is 0 Å². The van der Waals surface area contributed by atoms with Crippen molar-refractivity contribution < 1.29 is 19.1 Å². The average molecular weight is 352 g/mol. The van der Waals surface area contributed by atoms with Crippen molar-refractivity contribution >= 4 is 23.2 Å². The summed E-state index contributed by atoms with van der Waals surface area (Å²) in [7, 11) is 1.66. The van der Waals surface area contributed by atoms with Crippen molar-refractivity contribution in [3.05, 3.63) is 22.4 Å². The monoisotopic (exact) mass is 352 g/mol. The van der Waals surface area contributed by atoms with E-state index in [2.05, 4.69) is 10.6 Å². The van der Waals surface area contributed by atoms with Crippen LogP contribution >= 0.6 is 11.3 Å². The fourth-order valence-corrected chi connectivity index (χ4v) is 4.20. The molecule has 1 aromatic rings. The van der Waals surface area contributed by atoms with Gasteiger partial charge in [0.2, 0.25) is 5.91 Å². The molecule has 132 valence electrons. The Morgan fingerprint density at radius 2 is 2.25 bits per heavy atom. The molecule has 6 nitrogen and oxygen atoms in total. The summed E-state index contributed by atoms with van der Waals surface area (Å²) in [5.74, 6) is 0.117. The van der Waals surface area contributed by atoms with E-state index in [9.17, 15) is 9.59 Å². The average Bonchev–Trinajstić information content (AvgIpc) is 3.19. The summed E-state index contributed by atoms with van der Waals surface area (Å²) in [5.41, 5.74) is -0.983. The highest BCUT2D eigenvalue weighted by Gasteiger charge is 2.54. The summed E-state index contributed by atoms with van der Waals surface area (Å²) in [6.45, 7) is 4.75. The zero-order chi connectivity index (χ0) is 17.3. The lowest BCUT2D eigenvalue weighted by molar-refractivity contribution is -0.134. The first-order valence-electron chi connectivity index (χ1n) is 8.21. The van der Waals surface area contributed by atoms with E-state index in [1.54, 1.807) is 27.0 Å². The molecule has 0 unspecified atom stereocenters. The first kappa shape index (κ1) is 17.4. The maximum Gasteiger partial charge on any atom is 0.262 e. The van der Waals surface area contributed by atoms with Crippen LogP contribution in [-0.4, -0.2) is 49.8 Å². The SMILES string of the molecule is COC[C@H]1[C@H](NC(=O)C(C)(C)NC(=O)c2cccs2)[C@H]2CCO[C@H]21. The predicted molar refractivity (Wildman–Crippen MR) is 91.0 cm³/mol. The molecular formula is C17H24N2O4S. The molecule has 4 atom stereocenters. The number of rotatable bonds is 6. The van der Waals surface area contributed by atoms with Gasteiger partial charge in [0.15, 0.2) is 0 Å². The Morgan fingerprint density at radius 3 is 2.92 bits per heavy atom. The topological polar surface area (TPSA) is 76.7 Å². The molecule has 2 N–H and O–H groups in total. The number of carbonyl (C=O) groups is 2. The Hall–Kier alpha value is -1.44. The van der Waals surface area contributed by atoms with Gasteiger partial charge in [0.1, 0.15) is 5.54 Å². The lowest BCUT2D eigenvalue weighted by atomic mass is 9.67. The summed E-state index contributed by atoms with van der Waals surface area (Å²) in [6.07, 6.45) is 1.14. The van der Waals surface area contributed by atoms with E-state index in [1.165, 1.54) is 11.3 Å². The molecule has 1 aliphatic carbocycles. The summed E-state index contributed by atoms with van der Waals surface area (Å²) in [4.78, 5) is 25.5. The smallest absolute Gasteiger partial charge is 0.262 e. The van der Waals surface area contributed by atoms with Crippen LogP contribution in [0.15, 0.2) is 17.5 Å². The molecule has 2 aliphatic rings. The standard InChI is InChI=1S/C17H24N2O4S/c1-17(2,19-15(20)12-5-4-8-24-12)16(21)18-13-10-6-7-23-14(10)11(13)9-22-3/h4-5,8,10-11,13-14H,6-7,9H2,1-3H3,(H,18,21)(H,19,20)/t10-,11+,13-,14-/m1/s1. The highest BCUT2D eigenvalue weighted by atomic mass is 32.1. The molecule has 3 rings (SSSR count). The predicted octanol–water partition coefficient (Wildman–Crippen LogP) is 1.42. The van der Waals surface area contributed by atoms with Crippen LogP contribution in [0, 0.1) is 11.8 Å². The third-order valence-corrected chi connectivity index (χ3v) is 5.79. The third-order valence-electron chi connectivity index (χ3n) is 4.92. The lowest BCUT2D eigenvalue weighted by Gasteiger charge is -2.48.